The molecule has 3 rings (SSSR count). The van der Waals surface area contributed by atoms with Crippen LogP contribution in [0.5, 0.6) is 0 Å². The van der Waals surface area contributed by atoms with Gasteiger partial charge in [-0.25, -0.2) is 9.79 Å². The number of hydrogen-bond donors (Lipinski definition) is 1. The van der Waals surface area contributed by atoms with Crippen LogP contribution in [0.2, 0.25) is 5.02 Å². The summed E-state index contributed by atoms with van der Waals surface area (Å²) >= 11 is 7.23. The molecule has 0 spiro atoms. The third-order valence-corrected chi connectivity index (χ3v) is 4.76. The van der Waals surface area contributed by atoms with Crippen LogP contribution < -0.4 is 0 Å². The Morgan fingerprint density at radius 2 is 2.00 bits per heavy atom. The van der Waals surface area contributed by atoms with Crippen molar-refractivity contribution in [3.05, 3.63) is 81.4 Å². The van der Waals surface area contributed by atoms with Crippen molar-refractivity contribution in [2.24, 2.45) is 4.99 Å². The molecule has 0 radical (unpaired) electrons. The number of halogens is 1. The number of carbonyl (C=O) groups is 1. The van der Waals surface area contributed by atoms with E-state index in [0.717, 1.165) is 5.56 Å². The molecule has 0 aliphatic carbocycles. The van der Waals surface area contributed by atoms with E-state index in [1.807, 2.05) is 42.5 Å². The molecule has 0 amide bonds. The summed E-state index contributed by atoms with van der Waals surface area (Å²) in [6.07, 6.45) is 1.76. The van der Waals surface area contributed by atoms with Gasteiger partial charge in [0.1, 0.15) is 16.4 Å². The third kappa shape index (κ3) is 4.18. The predicted octanol–water partition coefficient (Wildman–Crippen LogP) is 5.53. The lowest BCUT2D eigenvalue weighted by Crippen LogP contribution is -2.12. The van der Waals surface area contributed by atoms with Crippen LogP contribution in [0.15, 0.2) is 75.8 Å². The molecule has 4 nitrogen and oxygen atoms in total. The van der Waals surface area contributed by atoms with Crippen LogP contribution in [0.1, 0.15) is 12.5 Å². The van der Waals surface area contributed by atoms with Crippen molar-refractivity contribution in [2.45, 2.75) is 6.92 Å². The lowest BCUT2D eigenvalue weighted by atomic mass is 10.1. The number of carbonyl (C=O) groups excluding carboxylic acids is 1. The molecule has 0 saturated heterocycles. The van der Waals surface area contributed by atoms with Gasteiger partial charge in [0, 0.05) is 5.02 Å². The Kier molecular flexibility index (Phi) is 5.81. The van der Waals surface area contributed by atoms with Gasteiger partial charge in [0.25, 0.3) is 0 Å². The molecule has 1 aliphatic rings. The molecule has 6 heteroatoms. The summed E-state index contributed by atoms with van der Waals surface area (Å²) in [6, 6.07) is 16.5. The van der Waals surface area contributed by atoms with Gasteiger partial charge in [-0.3, -0.25) is 0 Å². The topological polar surface area (TPSA) is 58.9 Å². The molecule has 0 aromatic heterocycles. The molecule has 26 heavy (non-hydrogen) atoms. The molecule has 2 aromatic carbocycles. The second kappa shape index (κ2) is 8.25. The number of esters is 1. The molecule has 1 aliphatic heterocycles. The van der Waals surface area contributed by atoms with E-state index in [-0.39, 0.29) is 17.9 Å². The largest absolute Gasteiger partial charge is 0.506 e. The van der Waals surface area contributed by atoms with E-state index in [0.29, 0.717) is 20.7 Å². The number of rotatable bonds is 4. The summed E-state index contributed by atoms with van der Waals surface area (Å²) in [6.45, 7) is 1.93. The number of aliphatic hydroxyl groups excluding tert-OH is 1. The van der Waals surface area contributed by atoms with E-state index in [1.54, 1.807) is 25.1 Å². The van der Waals surface area contributed by atoms with Crippen molar-refractivity contribution in [3.63, 3.8) is 0 Å². The van der Waals surface area contributed by atoms with E-state index in [1.165, 1.54) is 11.8 Å². The van der Waals surface area contributed by atoms with Gasteiger partial charge in [-0.15, -0.1) is 0 Å². The zero-order valence-corrected chi connectivity index (χ0v) is 15.6. The molecular weight excluding hydrogens is 370 g/mol. The van der Waals surface area contributed by atoms with E-state index in [2.05, 4.69) is 4.99 Å². The van der Waals surface area contributed by atoms with Crippen molar-refractivity contribution >= 4 is 46.1 Å². The lowest BCUT2D eigenvalue weighted by molar-refractivity contribution is -0.138. The van der Waals surface area contributed by atoms with Crippen molar-refractivity contribution in [1.29, 1.82) is 0 Å². The standard InChI is InChI=1S/C20H16ClNO3S/c1-2-25-20(24)17-18(23)16(12-13-7-6-8-14(21)11-13)26-19(17)22-15-9-4-3-5-10-15/h3-12,23H,2H2,1H3. The van der Waals surface area contributed by atoms with E-state index in [4.69, 9.17) is 16.3 Å². The minimum atomic E-state index is -0.596. The predicted molar refractivity (Wildman–Crippen MR) is 107 cm³/mol. The first-order valence-corrected chi connectivity index (χ1v) is 9.18. The van der Waals surface area contributed by atoms with Crippen LogP contribution in [0, 0.1) is 0 Å². The summed E-state index contributed by atoms with van der Waals surface area (Å²) in [5, 5.41) is 11.6. The molecule has 0 atom stereocenters. The van der Waals surface area contributed by atoms with Crippen LogP contribution >= 0.6 is 23.4 Å². The highest BCUT2D eigenvalue weighted by atomic mass is 35.5. The number of ether oxygens (including phenoxy) is 1. The third-order valence-electron chi connectivity index (χ3n) is 3.50. The Bertz CT molecular complexity index is 920. The summed E-state index contributed by atoms with van der Waals surface area (Å²) in [7, 11) is 0. The average Bonchev–Trinajstić information content (AvgIpc) is 2.91. The second-order valence-corrected chi connectivity index (χ2v) is 6.83. The minimum absolute atomic E-state index is 0.0778. The fourth-order valence-corrected chi connectivity index (χ4v) is 3.59. The number of benzene rings is 2. The van der Waals surface area contributed by atoms with Gasteiger partial charge < -0.3 is 9.84 Å². The Morgan fingerprint density at radius 3 is 2.69 bits per heavy atom. The van der Waals surface area contributed by atoms with Gasteiger partial charge in [0.05, 0.1) is 17.2 Å². The van der Waals surface area contributed by atoms with Crippen LogP contribution in [0.3, 0.4) is 0 Å². The molecule has 0 fully saturated rings. The van der Waals surface area contributed by atoms with Gasteiger partial charge in [-0.05, 0) is 42.8 Å². The van der Waals surface area contributed by atoms with Crippen LogP contribution in [-0.4, -0.2) is 22.7 Å². The highest BCUT2D eigenvalue weighted by molar-refractivity contribution is 8.18. The number of para-hydroxylation sites is 1. The molecule has 1 heterocycles. The van der Waals surface area contributed by atoms with Crippen molar-refractivity contribution < 1.29 is 14.6 Å². The number of hydrogen-bond acceptors (Lipinski definition) is 5. The number of aliphatic imine (C=N–C) groups is 1. The maximum absolute atomic E-state index is 12.3. The van der Waals surface area contributed by atoms with Gasteiger partial charge in [-0.2, -0.15) is 0 Å². The summed E-state index contributed by atoms with van der Waals surface area (Å²) in [4.78, 5) is 17.3. The fourth-order valence-electron chi connectivity index (χ4n) is 2.36. The Morgan fingerprint density at radius 1 is 1.23 bits per heavy atom. The summed E-state index contributed by atoms with van der Waals surface area (Å²) in [5.74, 6) is -0.732. The molecule has 132 valence electrons. The SMILES string of the molecule is CCOC(=O)C1=C(O)C(=Cc2cccc(Cl)c2)SC1=Nc1ccccc1. The van der Waals surface area contributed by atoms with Crippen molar-refractivity contribution in [2.75, 3.05) is 6.61 Å². The van der Waals surface area contributed by atoms with Gasteiger partial charge in [0.2, 0.25) is 0 Å². The average molecular weight is 386 g/mol. The molecular formula is C20H16ClNO3S. The molecule has 1 N–H and O–H groups in total. The Hall–Kier alpha value is -2.50. The smallest absolute Gasteiger partial charge is 0.344 e. The Balaban J connectivity index is 2.04. The Labute approximate surface area is 160 Å². The fraction of sp³-hybridized carbons (Fsp3) is 0.100. The van der Waals surface area contributed by atoms with Gasteiger partial charge in [0.15, 0.2) is 0 Å². The van der Waals surface area contributed by atoms with Gasteiger partial charge in [-0.1, -0.05) is 53.7 Å². The number of nitrogens with zero attached hydrogens (tertiary/aromatic N) is 1. The monoisotopic (exact) mass is 385 g/mol. The molecule has 2 aromatic rings. The zero-order valence-electron chi connectivity index (χ0n) is 14.0. The van der Waals surface area contributed by atoms with E-state index in [9.17, 15) is 9.90 Å². The van der Waals surface area contributed by atoms with Crippen LogP contribution in [-0.2, 0) is 9.53 Å². The van der Waals surface area contributed by atoms with Crippen LogP contribution in [0.25, 0.3) is 6.08 Å². The second-order valence-electron chi connectivity index (χ2n) is 5.36. The number of aliphatic hydroxyl groups is 1. The van der Waals surface area contributed by atoms with Crippen LogP contribution in [0.4, 0.5) is 5.69 Å². The molecule has 0 unspecified atom stereocenters. The van der Waals surface area contributed by atoms with Crippen molar-refractivity contribution in [1.82, 2.24) is 0 Å². The highest BCUT2D eigenvalue weighted by Gasteiger charge is 2.33. The summed E-state index contributed by atoms with van der Waals surface area (Å²) < 4.78 is 5.08. The van der Waals surface area contributed by atoms with Crippen molar-refractivity contribution in [3.8, 4) is 0 Å². The zero-order chi connectivity index (χ0) is 18.5. The van der Waals surface area contributed by atoms with E-state index >= 15 is 0 Å². The first-order chi connectivity index (χ1) is 12.6. The lowest BCUT2D eigenvalue weighted by Gasteiger charge is -2.03. The van der Waals surface area contributed by atoms with Gasteiger partial charge >= 0.3 is 5.97 Å². The summed E-state index contributed by atoms with van der Waals surface area (Å²) in [5.41, 5.74) is 1.58. The quantitative estimate of drug-likeness (QED) is 0.702. The normalized spacial score (nSPS) is 17.2. The molecule has 0 bridgehead atoms. The maximum Gasteiger partial charge on any atom is 0.344 e. The molecule has 0 saturated carbocycles. The number of thioether (sulfide) groups is 1. The first kappa shape index (κ1) is 18.3. The highest BCUT2D eigenvalue weighted by Crippen LogP contribution is 2.40. The maximum atomic E-state index is 12.3. The first-order valence-electron chi connectivity index (χ1n) is 7.98. The van der Waals surface area contributed by atoms with E-state index < -0.39 is 5.97 Å². The minimum Gasteiger partial charge on any atom is -0.506 e.